The molecular weight excluding hydrogens is 354 g/mol. The molecule has 7 heteroatoms. The van der Waals surface area contributed by atoms with E-state index in [4.69, 9.17) is 16.3 Å². The summed E-state index contributed by atoms with van der Waals surface area (Å²) in [6.45, 7) is 1.29. The summed E-state index contributed by atoms with van der Waals surface area (Å²) in [4.78, 5) is 15.0. The number of carbonyl (C=O) groups excluding carboxylic acids is 1. The van der Waals surface area contributed by atoms with Crippen molar-refractivity contribution in [2.45, 2.75) is 51.2 Å². The van der Waals surface area contributed by atoms with Crippen LogP contribution in [0.3, 0.4) is 0 Å². The lowest BCUT2D eigenvalue weighted by atomic mass is 10.1. The zero-order valence-corrected chi connectivity index (χ0v) is 15.9. The third kappa shape index (κ3) is 7.54. The summed E-state index contributed by atoms with van der Waals surface area (Å²) in [5.74, 6) is -0.132. The van der Waals surface area contributed by atoms with Crippen molar-refractivity contribution in [2.75, 3.05) is 13.7 Å². The van der Waals surface area contributed by atoms with Crippen LogP contribution in [0, 0.1) is 0 Å². The van der Waals surface area contributed by atoms with Gasteiger partial charge in [0.15, 0.2) is 0 Å². The summed E-state index contributed by atoms with van der Waals surface area (Å²) in [7, 11) is 1.43. The smallest absolute Gasteiger partial charge is 0.305 e. The molecule has 26 heavy (non-hydrogen) atoms. The molecule has 1 aromatic heterocycles. The Kier molecular flexibility index (Phi) is 9.14. The normalized spacial score (nSPS) is 12.1. The van der Waals surface area contributed by atoms with E-state index in [2.05, 4.69) is 14.8 Å². The molecule has 0 fully saturated rings. The van der Waals surface area contributed by atoms with E-state index in [9.17, 15) is 4.79 Å². The third-order valence-electron chi connectivity index (χ3n) is 4.13. The number of ether oxygens (including phenoxy) is 2. The van der Waals surface area contributed by atoms with Gasteiger partial charge in [0.05, 0.1) is 13.7 Å². The molecule has 142 valence electrons. The van der Waals surface area contributed by atoms with Crippen molar-refractivity contribution in [1.29, 1.82) is 0 Å². The number of hydrogen-bond donors (Lipinski definition) is 0. The number of rotatable bonds is 12. The number of halogens is 1. The highest BCUT2D eigenvalue weighted by Gasteiger charge is 2.13. The Bertz CT molecular complexity index is 632. The second-order valence-electron chi connectivity index (χ2n) is 6.12. The molecule has 2 aromatic rings. The van der Waals surface area contributed by atoms with Crippen LogP contribution >= 0.6 is 11.6 Å². The van der Waals surface area contributed by atoms with E-state index in [0.717, 1.165) is 37.7 Å². The van der Waals surface area contributed by atoms with E-state index in [1.54, 1.807) is 11.0 Å². The van der Waals surface area contributed by atoms with Gasteiger partial charge in [-0.25, -0.2) is 4.98 Å². The van der Waals surface area contributed by atoms with Crippen molar-refractivity contribution < 1.29 is 14.3 Å². The number of nitrogens with zero attached hydrogens (tertiary/aromatic N) is 3. The second-order valence-corrected chi connectivity index (χ2v) is 6.56. The molecule has 0 aliphatic heterocycles. The van der Waals surface area contributed by atoms with Gasteiger partial charge in [-0.15, -0.1) is 0 Å². The average Bonchev–Trinajstić information content (AvgIpc) is 3.16. The lowest BCUT2D eigenvalue weighted by Gasteiger charge is -2.18. The average molecular weight is 380 g/mol. The maximum Gasteiger partial charge on any atom is 0.305 e. The number of aromatic nitrogens is 3. The molecule has 0 radical (unpaired) electrons. The molecule has 0 saturated heterocycles. The Balaban J connectivity index is 1.71. The van der Waals surface area contributed by atoms with Crippen molar-refractivity contribution in [1.82, 2.24) is 14.8 Å². The number of carbonyl (C=O) groups is 1. The van der Waals surface area contributed by atoms with Gasteiger partial charge in [0.2, 0.25) is 0 Å². The Morgan fingerprint density at radius 2 is 1.88 bits per heavy atom. The molecule has 0 spiro atoms. The van der Waals surface area contributed by atoms with Gasteiger partial charge in [0, 0.05) is 18.1 Å². The molecule has 0 aliphatic carbocycles. The number of esters is 1. The summed E-state index contributed by atoms with van der Waals surface area (Å²) >= 11 is 5.98. The van der Waals surface area contributed by atoms with Crippen LogP contribution in [-0.2, 0) is 20.8 Å². The number of benzene rings is 1. The first-order chi connectivity index (χ1) is 12.7. The van der Waals surface area contributed by atoms with Gasteiger partial charge in [-0.2, -0.15) is 5.10 Å². The minimum atomic E-state index is -0.132. The van der Waals surface area contributed by atoms with Crippen LogP contribution < -0.4 is 0 Å². The molecule has 1 heterocycles. The third-order valence-corrected chi connectivity index (χ3v) is 4.39. The molecule has 0 bridgehead atoms. The predicted octanol–water partition coefficient (Wildman–Crippen LogP) is 4.20. The van der Waals surface area contributed by atoms with E-state index >= 15 is 0 Å². The largest absolute Gasteiger partial charge is 0.469 e. The van der Waals surface area contributed by atoms with E-state index in [-0.39, 0.29) is 12.1 Å². The first kappa shape index (κ1) is 20.4. The molecule has 1 atom stereocenters. The quantitative estimate of drug-likeness (QED) is 0.408. The molecule has 2 rings (SSSR count). The highest BCUT2D eigenvalue weighted by molar-refractivity contribution is 6.30. The topological polar surface area (TPSA) is 66.2 Å². The van der Waals surface area contributed by atoms with Gasteiger partial charge in [0.1, 0.15) is 18.8 Å². The van der Waals surface area contributed by atoms with E-state index < -0.39 is 0 Å². The van der Waals surface area contributed by atoms with Gasteiger partial charge in [-0.3, -0.25) is 9.48 Å². The summed E-state index contributed by atoms with van der Waals surface area (Å²) < 4.78 is 12.5. The highest BCUT2D eigenvalue weighted by atomic mass is 35.5. The van der Waals surface area contributed by atoms with Crippen LogP contribution in [0.4, 0.5) is 0 Å². The van der Waals surface area contributed by atoms with Crippen molar-refractivity contribution in [3.05, 3.63) is 47.5 Å². The van der Waals surface area contributed by atoms with Crippen molar-refractivity contribution in [2.24, 2.45) is 0 Å². The summed E-state index contributed by atoms with van der Waals surface area (Å²) in [6, 6.07) is 7.71. The van der Waals surface area contributed by atoms with Gasteiger partial charge in [0.25, 0.3) is 0 Å². The monoisotopic (exact) mass is 379 g/mol. The molecule has 0 saturated carbocycles. The Morgan fingerprint density at radius 3 is 2.58 bits per heavy atom. The zero-order chi connectivity index (χ0) is 18.6. The van der Waals surface area contributed by atoms with Crippen LogP contribution in [0.2, 0.25) is 5.02 Å². The highest BCUT2D eigenvalue weighted by Crippen LogP contribution is 2.22. The lowest BCUT2D eigenvalue weighted by Crippen LogP contribution is -2.14. The van der Waals surface area contributed by atoms with Gasteiger partial charge in [-0.05, 0) is 30.5 Å². The molecule has 0 aliphatic rings. The second kappa shape index (κ2) is 11.6. The molecule has 6 nitrogen and oxygen atoms in total. The molecular formula is C19H26ClN3O3. The van der Waals surface area contributed by atoms with Crippen molar-refractivity contribution in [3.8, 4) is 0 Å². The standard InChI is InChI=1S/C19H26ClN3O3/c1-25-19(24)7-5-3-2-4-6-12-26-18(13-23-15-21-14-22-23)16-8-10-17(20)11-9-16/h8-11,14-15,18H,2-7,12-13H2,1H3. The van der Waals surface area contributed by atoms with Gasteiger partial charge in [-0.1, -0.05) is 43.0 Å². The van der Waals surface area contributed by atoms with Crippen LogP contribution in [0.25, 0.3) is 0 Å². The summed E-state index contributed by atoms with van der Waals surface area (Å²) in [5, 5.41) is 4.87. The first-order valence-electron chi connectivity index (χ1n) is 8.95. The summed E-state index contributed by atoms with van der Waals surface area (Å²) in [6.07, 6.45) is 8.70. The fourth-order valence-electron chi connectivity index (χ4n) is 2.66. The maximum atomic E-state index is 11.0. The molecule has 1 aromatic carbocycles. The van der Waals surface area contributed by atoms with E-state index in [0.29, 0.717) is 24.6 Å². The minimum absolute atomic E-state index is 0.0895. The van der Waals surface area contributed by atoms with Gasteiger partial charge >= 0.3 is 5.97 Å². The summed E-state index contributed by atoms with van der Waals surface area (Å²) in [5.41, 5.74) is 1.07. The van der Waals surface area contributed by atoms with E-state index in [1.807, 2.05) is 24.3 Å². The Morgan fingerprint density at radius 1 is 1.15 bits per heavy atom. The van der Waals surface area contributed by atoms with Crippen LogP contribution in [0.5, 0.6) is 0 Å². The molecule has 1 unspecified atom stereocenters. The van der Waals surface area contributed by atoms with Gasteiger partial charge < -0.3 is 9.47 Å². The van der Waals surface area contributed by atoms with Crippen molar-refractivity contribution >= 4 is 17.6 Å². The predicted molar refractivity (Wildman–Crippen MR) is 99.9 cm³/mol. The number of unbranched alkanes of at least 4 members (excludes halogenated alkanes) is 4. The first-order valence-corrected chi connectivity index (χ1v) is 9.33. The molecule has 0 N–H and O–H groups in total. The van der Waals surface area contributed by atoms with Crippen LogP contribution in [0.1, 0.15) is 50.2 Å². The van der Waals surface area contributed by atoms with Crippen LogP contribution in [-0.4, -0.2) is 34.5 Å². The number of methoxy groups -OCH3 is 1. The minimum Gasteiger partial charge on any atom is -0.469 e. The maximum absolute atomic E-state index is 11.0. The van der Waals surface area contributed by atoms with Crippen LogP contribution in [0.15, 0.2) is 36.9 Å². The lowest BCUT2D eigenvalue weighted by molar-refractivity contribution is -0.140. The Labute approximate surface area is 159 Å². The fraction of sp³-hybridized carbons (Fsp3) is 0.526. The SMILES string of the molecule is COC(=O)CCCCCCCOC(Cn1cncn1)c1ccc(Cl)cc1. The zero-order valence-electron chi connectivity index (χ0n) is 15.1. The van der Waals surface area contributed by atoms with Crippen molar-refractivity contribution in [3.63, 3.8) is 0 Å². The Hall–Kier alpha value is -1.92. The van der Waals surface area contributed by atoms with E-state index in [1.165, 1.54) is 13.4 Å². The fourth-order valence-corrected chi connectivity index (χ4v) is 2.78. The number of hydrogen-bond acceptors (Lipinski definition) is 5. The molecule has 0 amide bonds.